The number of nitrogens with one attached hydrogen (secondary N) is 1. The van der Waals surface area contributed by atoms with Crippen LogP contribution in [0.2, 0.25) is 0 Å². The second kappa shape index (κ2) is 3.63. The van der Waals surface area contributed by atoms with Gasteiger partial charge in [-0.05, 0) is 0 Å². The minimum absolute atomic E-state index is 0.992. The topological polar surface area (TPSA) is 161 Å². The zero-order chi connectivity index (χ0) is 10.6. The third-order valence-corrected chi connectivity index (χ3v) is 1.32. The van der Waals surface area contributed by atoms with Crippen LogP contribution in [-0.2, 0) is 4.79 Å². The van der Waals surface area contributed by atoms with Crippen LogP contribution in [-0.4, -0.2) is 22.5 Å². The number of carbonyl (C=O) groups is 1. The molecule has 0 saturated carbocycles. The molecule has 13 heavy (non-hydrogen) atoms. The third kappa shape index (κ3) is 2.24. The van der Waals surface area contributed by atoms with Gasteiger partial charge in [-0.2, -0.15) is 10.5 Å². The van der Waals surface area contributed by atoms with Crippen LogP contribution in [0.5, 0.6) is 0 Å². The number of aliphatic carboxylic acids is 1. The summed E-state index contributed by atoms with van der Waals surface area (Å²) in [5, 5.41) is 32.1. The van der Waals surface area contributed by atoms with Crippen molar-refractivity contribution in [2.45, 2.75) is 5.66 Å². The summed E-state index contributed by atoms with van der Waals surface area (Å²) in [6.07, 6.45) is 0. The van der Waals surface area contributed by atoms with Gasteiger partial charge in [-0.25, -0.2) is 4.79 Å². The lowest BCUT2D eigenvalue weighted by Crippen LogP contribution is -2.57. The highest BCUT2D eigenvalue weighted by Gasteiger charge is 2.37. The van der Waals surface area contributed by atoms with Crippen LogP contribution in [0.1, 0.15) is 0 Å². The second-order valence-electron chi connectivity index (χ2n) is 2.33. The van der Waals surface area contributed by atoms with Gasteiger partial charge < -0.3 is 5.11 Å². The Balaban J connectivity index is 4.98. The van der Waals surface area contributed by atoms with Crippen LogP contribution in [0, 0.1) is 34.0 Å². The van der Waals surface area contributed by atoms with Crippen molar-refractivity contribution in [3.63, 3.8) is 0 Å². The van der Waals surface area contributed by atoms with Gasteiger partial charge in [0.15, 0.2) is 5.66 Å². The van der Waals surface area contributed by atoms with Gasteiger partial charge in [-0.15, -0.1) is 0 Å². The number of carboxylic acid groups (broad SMARTS) is 1. The Bertz CT molecular complexity index is 321. The van der Waals surface area contributed by atoms with Gasteiger partial charge in [0, 0.05) is 0 Å². The van der Waals surface area contributed by atoms with E-state index in [9.17, 15) is 4.79 Å². The Kier molecular flexibility index (Phi) is 3.08. The summed E-state index contributed by atoms with van der Waals surface area (Å²) in [6, 6.07) is 2.75. The smallest absolute Gasteiger partial charge is 0.351 e. The highest BCUT2D eigenvalue weighted by atomic mass is 16.4. The van der Waals surface area contributed by atoms with Crippen LogP contribution in [0.3, 0.4) is 0 Å². The number of nitrogens with two attached hydrogens (primary N) is 2. The van der Waals surface area contributed by atoms with E-state index in [2.05, 4.69) is 0 Å². The lowest BCUT2D eigenvalue weighted by molar-refractivity contribution is -0.129. The summed E-state index contributed by atoms with van der Waals surface area (Å²) in [4.78, 5) is 10.3. The molecule has 0 aromatic rings. The molecule has 0 aliphatic heterocycles. The van der Waals surface area contributed by atoms with Crippen molar-refractivity contribution in [3.8, 4) is 12.1 Å². The average Bonchev–Trinajstić information content (AvgIpc) is 2.05. The molecule has 0 aliphatic rings. The number of carboxylic acids is 1. The molecule has 0 spiro atoms. The molecule has 1 atom stereocenters. The van der Waals surface area contributed by atoms with Crippen LogP contribution in [0.4, 0.5) is 0 Å². The van der Waals surface area contributed by atoms with E-state index in [-0.39, 0.29) is 0 Å². The number of hydrogen-bond donors (Lipinski definition) is 4. The van der Waals surface area contributed by atoms with E-state index in [0.29, 0.717) is 0 Å². The molecule has 6 N–H and O–H groups in total. The van der Waals surface area contributed by atoms with Crippen LogP contribution >= 0.6 is 0 Å². The number of hydrogen-bond acceptors (Lipinski definition) is 6. The minimum Gasteiger partial charge on any atom is -0.477 e. The fourth-order valence-electron chi connectivity index (χ4n) is 0.598. The minimum atomic E-state index is -2.15. The number of rotatable bonds is 3. The molecule has 0 amide bonds. The standard InChI is InChI=1S/C6H7N5O2/c7-1-3(4(9)5(12)13)6(10,11)2-8/h3,9H,10-11H2,(H,12,13). The Morgan fingerprint density at radius 2 is 2.00 bits per heavy atom. The molecule has 0 fully saturated rings. The zero-order valence-electron chi connectivity index (χ0n) is 6.48. The maximum absolute atomic E-state index is 10.3. The van der Waals surface area contributed by atoms with Crippen LogP contribution < -0.4 is 11.5 Å². The molecule has 7 nitrogen and oxygen atoms in total. The van der Waals surface area contributed by atoms with Gasteiger partial charge in [0.2, 0.25) is 0 Å². The van der Waals surface area contributed by atoms with E-state index in [0.717, 1.165) is 0 Å². The summed E-state index contributed by atoms with van der Waals surface area (Å²) < 4.78 is 0. The molecule has 0 rings (SSSR count). The predicted octanol–water partition coefficient (Wildman–Crippen LogP) is -1.63. The first-order valence-corrected chi connectivity index (χ1v) is 3.07. The fourth-order valence-corrected chi connectivity index (χ4v) is 0.598. The van der Waals surface area contributed by atoms with Crippen molar-refractivity contribution in [1.82, 2.24) is 0 Å². The Morgan fingerprint density at radius 3 is 2.23 bits per heavy atom. The van der Waals surface area contributed by atoms with Gasteiger partial charge >= 0.3 is 5.97 Å². The first kappa shape index (κ1) is 11.0. The molecule has 0 aromatic carbocycles. The molecular formula is C6H7N5O2. The molecule has 68 valence electrons. The molecule has 0 heterocycles. The molecular weight excluding hydrogens is 174 g/mol. The molecule has 0 saturated heterocycles. The summed E-state index contributed by atoms with van der Waals surface area (Å²) in [5.41, 5.74) is 7.06. The maximum atomic E-state index is 10.3. The van der Waals surface area contributed by atoms with Crippen LogP contribution in [0.25, 0.3) is 0 Å². The van der Waals surface area contributed by atoms with E-state index in [1.165, 1.54) is 12.1 Å². The Labute approximate surface area is 73.7 Å². The average molecular weight is 181 g/mol. The first-order chi connectivity index (χ1) is 5.86. The summed E-state index contributed by atoms with van der Waals surface area (Å²) in [6.45, 7) is 0. The van der Waals surface area contributed by atoms with Gasteiger partial charge in [-0.3, -0.25) is 16.9 Å². The first-order valence-electron chi connectivity index (χ1n) is 3.07. The quantitative estimate of drug-likeness (QED) is 0.301. The van der Waals surface area contributed by atoms with E-state index >= 15 is 0 Å². The summed E-state index contributed by atoms with van der Waals surface area (Å²) >= 11 is 0. The summed E-state index contributed by atoms with van der Waals surface area (Å²) in [5.74, 6) is -3.27. The second-order valence-corrected chi connectivity index (χ2v) is 2.33. The van der Waals surface area contributed by atoms with Crippen molar-refractivity contribution in [2.24, 2.45) is 17.4 Å². The third-order valence-electron chi connectivity index (χ3n) is 1.32. The van der Waals surface area contributed by atoms with Crippen molar-refractivity contribution < 1.29 is 9.90 Å². The lowest BCUT2D eigenvalue weighted by Gasteiger charge is -2.19. The van der Waals surface area contributed by atoms with Crippen molar-refractivity contribution >= 4 is 11.7 Å². The Morgan fingerprint density at radius 1 is 1.54 bits per heavy atom. The summed E-state index contributed by atoms with van der Waals surface area (Å²) in [7, 11) is 0. The SMILES string of the molecule is N#CC(C(=N)C(=O)O)C(N)(N)C#N. The largest absolute Gasteiger partial charge is 0.477 e. The normalized spacial score (nSPS) is 12.3. The molecule has 0 aliphatic carbocycles. The monoisotopic (exact) mass is 181 g/mol. The van der Waals surface area contributed by atoms with Gasteiger partial charge in [0.05, 0.1) is 6.07 Å². The number of nitriles is 2. The molecule has 0 aromatic heterocycles. The van der Waals surface area contributed by atoms with E-state index in [1.807, 2.05) is 0 Å². The van der Waals surface area contributed by atoms with E-state index < -0.39 is 23.3 Å². The lowest BCUT2D eigenvalue weighted by atomic mass is 9.92. The fraction of sp³-hybridized carbons (Fsp3) is 0.333. The van der Waals surface area contributed by atoms with Crippen molar-refractivity contribution in [3.05, 3.63) is 0 Å². The van der Waals surface area contributed by atoms with Gasteiger partial charge in [0.25, 0.3) is 0 Å². The van der Waals surface area contributed by atoms with E-state index in [4.69, 9.17) is 32.5 Å². The highest BCUT2D eigenvalue weighted by Crippen LogP contribution is 2.08. The highest BCUT2D eigenvalue weighted by molar-refractivity contribution is 6.36. The van der Waals surface area contributed by atoms with E-state index in [1.54, 1.807) is 0 Å². The Hall–Kier alpha value is -1.96. The van der Waals surface area contributed by atoms with Crippen LogP contribution in [0.15, 0.2) is 0 Å². The molecule has 7 heteroatoms. The number of nitrogens with zero attached hydrogens (tertiary/aromatic N) is 2. The van der Waals surface area contributed by atoms with Gasteiger partial charge in [0.1, 0.15) is 17.7 Å². The molecule has 1 unspecified atom stereocenters. The van der Waals surface area contributed by atoms with Gasteiger partial charge in [-0.1, -0.05) is 0 Å². The molecule has 0 radical (unpaired) electrons. The van der Waals surface area contributed by atoms with Crippen molar-refractivity contribution in [1.29, 1.82) is 15.9 Å². The van der Waals surface area contributed by atoms with Crippen molar-refractivity contribution in [2.75, 3.05) is 0 Å². The maximum Gasteiger partial charge on any atom is 0.351 e. The predicted molar refractivity (Wildman–Crippen MR) is 41.2 cm³/mol. The zero-order valence-corrected chi connectivity index (χ0v) is 6.48. The molecule has 0 bridgehead atoms.